The van der Waals surface area contributed by atoms with E-state index >= 15 is 0 Å². The molecule has 2 heterocycles. The Morgan fingerprint density at radius 3 is 2.71 bits per heavy atom. The van der Waals surface area contributed by atoms with Gasteiger partial charge in [0.05, 0.1) is 5.69 Å². The highest BCUT2D eigenvalue weighted by Crippen LogP contribution is 2.24. The summed E-state index contributed by atoms with van der Waals surface area (Å²) >= 11 is 5.85. The number of aromatic carboxylic acids is 1. The van der Waals surface area contributed by atoms with E-state index in [1.807, 2.05) is 0 Å². The second-order valence-corrected chi connectivity index (χ2v) is 3.48. The van der Waals surface area contributed by atoms with Gasteiger partial charge in [-0.25, -0.2) is 14.8 Å². The average molecular weight is 251 g/mol. The zero-order valence-electron chi connectivity index (χ0n) is 8.46. The summed E-state index contributed by atoms with van der Waals surface area (Å²) in [7, 11) is 0. The van der Waals surface area contributed by atoms with Crippen LogP contribution in [0.25, 0.3) is 11.4 Å². The van der Waals surface area contributed by atoms with Crippen LogP contribution in [0.1, 0.15) is 10.5 Å². The molecule has 6 nitrogen and oxygen atoms in total. The maximum atomic E-state index is 10.8. The Labute approximate surface area is 101 Å². The van der Waals surface area contributed by atoms with Crippen molar-refractivity contribution >= 4 is 23.4 Å². The predicted molar refractivity (Wildman–Crippen MR) is 61.6 cm³/mol. The highest BCUT2D eigenvalue weighted by Gasteiger charge is 2.17. The molecule has 0 bridgehead atoms. The first kappa shape index (κ1) is 11.3. The van der Waals surface area contributed by atoms with Gasteiger partial charge in [0.15, 0.2) is 16.7 Å². The highest BCUT2D eigenvalue weighted by atomic mass is 35.5. The number of hydrogen-bond donors (Lipinski definition) is 2. The van der Waals surface area contributed by atoms with Gasteiger partial charge in [-0.15, -0.1) is 0 Å². The minimum absolute atomic E-state index is 0.0460. The van der Waals surface area contributed by atoms with Crippen molar-refractivity contribution in [2.24, 2.45) is 0 Å². The lowest BCUT2D eigenvalue weighted by molar-refractivity contribution is 0.0691. The number of nitrogen functional groups attached to an aromatic ring is 1. The van der Waals surface area contributed by atoms with E-state index < -0.39 is 5.97 Å². The van der Waals surface area contributed by atoms with Crippen molar-refractivity contribution < 1.29 is 9.90 Å². The summed E-state index contributed by atoms with van der Waals surface area (Å²) in [6.45, 7) is 0. The number of nitrogens with two attached hydrogens (primary N) is 1. The van der Waals surface area contributed by atoms with Crippen molar-refractivity contribution in [3.05, 3.63) is 35.2 Å². The number of rotatable bonds is 2. The van der Waals surface area contributed by atoms with E-state index in [2.05, 4.69) is 15.0 Å². The normalized spacial score (nSPS) is 10.2. The van der Waals surface area contributed by atoms with E-state index in [-0.39, 0.29) is 22.4 Å². The van der Waals surface area contributed by atoms with E-state index in [1.54, 1.807) is 24.4 Å². The topological polar surface area (TPSA) is 102 Å². The molecule has 0 atom stereocenters. The Morgan fingerprint density at radius 2 is 2.12 bits per heavy atom. The standard InChI is InChI=1S/C10H7ClN4O2/c11-8-6(5-3-1-2-4-13-5)15-9(12)7(14-8)10(16)17/h1-4H,(H2,12,15)(H,16,17). The molecule has 2 aromatic rings. The monoisotopic (exact) mass is 250 g/mol. The predicted octanol–water partition coefficient (Wildman–Crippen LogP) is 1.47. The molecule has 3 N–H and O–H groups in total. The third-order valence-electron chi connectivity index (χ3n) is 1.99. The van der Waals surface area contributed by atoms with Crippen LogP contribution in [0.2, 0.25) is 5.15 Å². The molecule has 86 valence electrons. The largest absolute Gasteiger partial charge is 0.476 e. The van der Waals surface area contributed by atoms with Crippen LogP contribution in [-0.4, -0.2) is 26.0 Å². The molecular formula is C10H7ClN4O2. The van der Waals surface area contributed by atoms with Crippen molar-refractivity contribution in [1.29, 1.82) is 0 Å². The molecule has 0 saturated heterocycles. The summed E-state index contributed by atoms with van der Waals surface area (Å²) in [6.07, 6.45) is 1.56. The van der Waals surface area contributed by atoms with Crippen molar-refractivity contribution in [1.82, 2.24) is 15.0 Å². The van der Waals surface area contributed by atoms with Gasteiger partial charge in [0, 0.05) is 6.20 Å². The fourth-order valence-electron chi connectivity index (χ4n) is 1.25. The molecule has 0 aliphatic heterocycles. The van der Waals surface area contributed by atoms with Gasteiger partial charge in [-0.05, 0) is 12.1 Å². The van der Waals surface area contributed by atoms with Gasteiger partial charge >= 0.3 is 5.97 Å². The smallest absolute Gasteiger partial charge is 0.358 e. The zero-order valence-corrected chi connectivity index (χ0v) is 9.22. The second kappa shape index (κ2) is 4.34. The van der Waals surface area contributed by atoms with Crippen LogP contribution < -0.4 is 5.73 Å². The molecule has 0 spiro atoms. The summed E-state index contributed by atoms with van der Waals surface area (Å²) in [5, 5.41) is 8.75. The summed E-state index contributed by atoms with van der Waals surface area (Å²) in [6, 6.07) is 5.16. The van der Waals surface area contributed by atoms with Crippen LogP contribution in [0, 0.1) is 0 Å². The van der Waals surface area contributed by atoms with E-state index in [0.29, 0.717) is 5.69 Å². The quantitative estimate of drug-likeness (QED) is 0.837. The second-order valence-electron chi connectivity index (χ2n) is 3.12. The molecule has 2 aromatic heterocycles. The van der Waals surface area contributed by atoms with E-state index in [1.165, 1.54) is 0 Å². The number of nitrogens with zero attached hydrogens (tertiary/aromatic N) is 3. The number of carbonyl (C=O) groups is 1. The Bertz CT molecular complexity index is 574. The van der Waals surface area contributed by atoms with Crippen molar-refractivity contribution in [2.75, 3.05) is 5.73 Å². The van der Waals surface area contributed by atoms with Crippen LogP contribution in [0.3, 0.4) is 0 Å². The van der Waals surface area contributed by atoms with Crippen LogP contribution in [-0.2, 0) is 0 Å². The minimum Gasteiger partial charge on any atom is -0.476 e. The number of carboxylic acids is 1. The molecule has 0 aliphatic carbocycles. The molecule has 0 amide bonds. The van der Waals surface area contributed by atoms with Gasteiger partial charge in [0.2, 0.25) is 0 Å². The Balaban J connectivity index is 2.58. The van der Waals surface area contributed by atoms with E-state index in [0.717, 1.165) is 0 Å². The number of halogens is 1. The molecule has 0 radical (unpaired) electrons. The fourth-order valence-corrected chi connectivity index (χ4v) is 1.47. The van der Waals surface area contributed by atoms with Crippen LogP contribution in [0.4, 0.5) is 5.82 Å². The first-order valence-corrected chi connectivity index (χ1v) is 4.95. The van der Waals surface area contributed by atoms with Crippen molar-refractivity contribution in [3.8, 4) is 11.4 Å². The van der Waals surface area contributed by atoms with E-state index in [9.17, 15) is 4.79 Å². The number of pyridine rings is 1. The fraction of sp³-hybridized carbons (Fsp3) is 0. The molecular weight excluding hydrogens is 244 g/mol. The SMILES string of the molecule is Nc1nc(-c2ccccn2)c(Cl)nc1C(=O)O. The van der Waals surface area contributed by atoms with Gasteiger partial charge in [0.1, 0.15) is 5.69 Å². The Morgan fingerprint density at radius 1 is 1.35 bits per heavy atom. The van der Waals surface area contributed by atoms with Crippen molar-refractivity contribution in [3.63, 3.8) is 0 Å². The molecule has 2 rings (SSSR count). The zero-order chi connectivity index (χ0) is 12.4. The molecule has 0 aliphatic rings. The van der Waals surface area contributed by atoms with Crippen LogP contribution in [0.15, 0.2) is 24.4 Å². The molecule has 7 heteroatoms. The van der Waals surface area contributed by atoms with Crippen LogP contribution in [0.5, 0.6) is 0 Å². The minimum atomic E-state index is -1.27. The average Bonchev–Trinajstić information content (AvgIpc) is 2.32. The summed E-state index contributed by atoms with van der Waals surface area (Å²) < 4.78 is 0. The van der Waals surface area contributed by atoms with E-state index in [4.69, 9.17) is 22.4 Å². The van der Waals surface area contributed by atoms with Gasteiger partial charge in [-0.1, -0.05) is 17.7 Å². The number of hydrogen-bond acceptors (Lipinski definition) is 5. The molecule has 0 saturated carbocycles. The first-order valence-electron chi connectivity index (χ1n) is 4.57. The summed E-state index contributed by atoms with van der Waals surface area (Å²) in [5.41, 5.74) is 5.86. The molecule has 0 fully saturated rings. The third kappa shape index (κ3) is 2.16. The van der Waals surface area contributed by atoms with Gasteiger partial charge < -0.3 is 10.8 Å². The van der Waals surface area contributed by atoms with Gasteiger partial charge in [-0.3, -0.25) is 4.98 Å². The van der Waals surface area contributed by atoms with Crippen molar-refractivity contribution in [2.45, 2.75) is 0 Å². The Hall–Kier alpha value is -2.21. The summed E-state index contributed by atoms with van der Waals surface area (Å²) in [5.74, 6) is -1.47. The number of anilines is 1. The van der Waals surface area contributed by atoms with Gasteiger partial charge in [0.25, 0.3) is 0 Å². The molecule has 0 unspecified atom stereocenters. The Kier molecular flexibility index (Phi) is 2.88. The molecule has 0 aromatic carbocycles. The highest BCUT2D eigenvalue weighted by molar-refractivity contribution is 6.32. The third-order valence-corrected chi connectivity index (χ3v) is 2.25. The maximum Gasteiger partial charge on any atom is 0.358 e. The number of carboxylic acid groups (broad SMARTS) is 1. The van der Waals surface area contributed by atoms with Crippen LogP contribution >= 0.6 is 11.6 Å². The lowest BCUT2D eigenvalue weighted by Gasteiger charge is -2.05. The first-order chi connectivity index (χ1) is 8.09. The molecule has 17 heavy (non-hydrogen) atoms. The van der Waals surface area contributed by atoms with Gasteiger partial charge in [-0.2, -0.15) is 0 Å². The maximum absolute atomic E-state index is 10.8. The lowest BCUT2D eigenvalue weighted by Crippen LogP contribution is -2.09. The number of aromatic nitrogens is 3. The summed E-state index contributed by atoms with van der Waals surface area (Å²) in [4.78, 5) is 22.4. The lowest BCUT2D eigenvalue weighted by atomic mass is 10.2.